The fourth-order valence-electron chi connectivity index (χ4n) is 6.60. The number of piperidine rings is 1. The Bertz CT molecular complexity index is 1300. The lowest BCUT2D eigenvalue weighted by atomic mass is 9.94. The summed E-state index contributed by atoms with van der Waals surface area (Å²) < 4.78 is 14.3. The number of halogens is 1. The lowest BCUT2D eigenvalue weighted by Crippen LogP contribution is -2.42. The van der Waals surface area contributed by atoms with Gasteiger partial charge in [0.25, 0.3) is 5.91 Å². The smallest absolute Gasteiger partial charge is 0.253 e. The summed E-state index contributed by atoms with van der Waals surface area (Å²) in [6.45, 7) is 4.51. The molecule has 4 aliphatic rings. The molecule has 2 aliphatic carbocycles. The predicted molar refractivity (Wildman–Crippen MR) is 156 cm³/mol. The van der Waals surface area contributed by atoms with E-state index in [9.17, 15) is 4.79 Å². The summed E-state index contributed by atoms with van der Waals surface area (Å²) in [5.74, 6) is 2.30. The van der Waals surface area contributed by atoms with Crippen molar-refractivity contribution in [3.8, 4) is 5.75 Å². The molecular weight excluding hydrogens is 510 g/mol. The highest BCUT2D eigenvalue weighted by Gasteiger charge is 2.36. The number of nitrogens with zero attached hydrogens (tertiary/aromatic N) is 2. The molecule has 1 unspecified atom stereocenters. The molecule has 1 amide bonds. The van der Waals surface area contributed by atoms with Gasteiger partial charge >= 0.3 is 0 Å². The van der Waals surface area contributed by atoms with E-state index in [1.165, 1.54) is 45.1 Å². The minimum absolute atomic E-state index is 0.0888. The number of methoxy groups -OCH3 is 1. The zero-order chi connectivity index (χ0) is 26.8. The van der Waals surface area contributed by atoms with Crippen molar-refractivity contribution < 1.29 is 14.3 Å². The molecule has 7 heteroatoms. The monoisotopic (exact) mass is 549 g/mol. The molecule has 7 rings (SSSR count). The highest BCUT2D eigenvalue weighted by Crippen LogP contribution is 2.37. The Morgan fingerprint density at radius 1 is 1.08 bits per heavy atom. The van der Waals surface area contributed by atoms with Crippen LogP contribution in [0.2, 0.25) is 5.02 Å². The minimum Gasteiger partial charge on any atom is -0.495 e. The Labute approximate surface area is 236 Å². The van der Waals surface area contributed by atoms with Crippen molar-refractivity contribution in [2.24, 2.45) is 11.8 Å². The van der Waals surface area contributed by atoms with E-state index in [4.69, 9.17) is 21.1 Å². The molecule has 1 N–H and O–H groups in total. The van der Waals surface area contributed by atoms with Gasteiger partial charge in [-0.25, -0.2) is 0 Å². The third-order valence-electron chi connectivity index (χ3n) is 8.83. The van der Waals surface area contributed by atoms with Crippen LogP contribution >= 0.6 is 11.6 Å². The van der Waals surface area contributed by atoms with Gasteiger partial charge in [0.1, 0.15) is 5.75 Å². The van der Waals surface area contributed by atoms with E-state index in [0.717, 1.165) is 60.2 Å². The van der Waals surface area contributed by atoms with Crippen LogP contribution in [0, 0.1) is 11.8 Å². The molecule has 2 bridgehead atoms. The molecule has 3 aromatic rings. The van der Waals surface area contributed by atoms with Crippen LogP contribution in [0.3, 0.4) is 0 Å². The summed E-state index contributed by atoms with van der Waals surface area (Å²) in [4.78, 5) is 16.0. The molecule has 2 aromatic carbocycles. The molecular formula is C32H40ClN3O3. The number of carbonyl (C=O) groups excluding carboxylic acids is 1. The Morgan fingerprint density at radius 2 is 1.95 bits per heavy atom. The van der Waals surface area contributed by atoms with Gasteiger partial charge in [-0.05, 0) is 80.5 Å². The van der Waals surface area contributed by atoms with Crippen LogP contribution in [0.25, 0.3) is 10.9 Å². The zero-order valence-electron chi connectivity index (χ0n) is 22.9. The normalized spacial score (nSPS) is 23.2. The summed E-state index contributed by atoms with van der Waals surface area (Å²) in [7, 11) is 1.70. The number of amides is 1. The quantitative estimate of drug-likeness (QED) is 0.305. The van der Waals surface area contributed by atoms with Crippen LogP contribution in [0.4, 0.5) is 0 Å². The van der Waals surface area contributed by atoms with Gasteiger partial charge in [0.15, 0.2) is 0 Å². The number of ether oxygens (including phenoxy) is 2. The maximum atomic E-state index is 13.3. The van der Waals surface area contributed by atoms with Crippen molar-refractivity contribution in [2.45, 2.75) is 70.2 Å². The number of rotatable bonds is 11. The maximum Gasteiger partial charge on any atom is 0.253 e. The van der Waals surface area contributed by atoms with Gasteiger partial charge in [-0.2, -0.15) is 0 Å². The van der Waals surface area contributed by atoms with E-state index in [-0.39, 0.29) is 5.91 Å². The second-order valence-electron chi connectivity index (χ2n) is 11.7. The molecule has 3 atom stereocenters. The summed E-state index contributed by atoms with van der Waals surface area (Å²) in [5, 5.41) is 4.66. The highest BCUT2D eigenvalue weighted by molar-refractivity contribution is 6.30. The van der Waals surface area contributed by atoms with Crippen molar-refractivity contribution in [1.29, 1.82) is 0 Å². The minimum atomic E-state index is -0.0888. The van der Waals surface area contributed by atoms with Crippen molar-refractivity contribution >= 4 is 28.4 Å². The van der Waals surface area contributed by atoms with Crippen molar-refractivity contribution in [1.82, 2.24) is 14.8 Å². The number of hydrogen-bond donors (Lipinski definition) is 1. The molecule has 3 heterocycles. The number of benzene rings is 2. The number of aromatic nitrogens is 1. The first-order valence-corrected chi connectivity index (χ1v) is 15.0. The van der Waals surface area contributed by atoms with Crippen LogP contribution in [0.15, 0.2) is 48.7 Å². The van der Waals surface area contributed by atoms with Crippen LogP contribution in [0.5, 0.6) is 5.75 Å². The molecule has 4 fully saturated rings. The number of carbonyl (C=O) groups is 1. The van der Waals surface area contributed by atoms with Crippen LogP contribution in [-0.2, 0) is 17.8 Å². The molecule has 39 heavy (non-hydrogen) atoms. The number of fused-ring (bicyclic) bond motifs is 5. The second kappa shape index (κ2) is 11.9. The van der Waals surface area contributed by atoms with Gasteiger partial charge in [-0.15, -0.1) is 0 Å². The Hall–Kier alpha value is -2.54. The first-order chi connectivity index (χ1) is 19.1. The number of aryl methyl sites for hydroxylation is 1. The Balaban J connectivity index is 1.12. The molecule has 2 aliphatic heterocycles. The van der Waals surface area contributed by atoms with Crippen LogP contribution < -0.4 is 10.1 Å². The fourth-order valence-corrected chi connectivity index (χ4v) is 6.81. The van der Waals surface area contributed by atoms with Crippen molar-refractivity contribution in [2.75, 3.05) is 26.8 Å². The third kappa shape index (κ3) is 6.29. The number of para-hydroxylation sites is 1. The van der Waals surface area contributed by atoms with Crippen molar-refractivity contribution in [3.63, 3.8) is 0 Å². The fraction of sp³-hybridized carbons (Fsp3) is 0.531. The van der Waals surface area contributed by atoms with E-state index < -0.39 is 0 Å². The van der Waals surface area contributed by atoms with Gasteiger partial charge in [-0.1, -0.05) is 35.9 Å². The van der Waals surface area contributed by atoms with Gasteiger partial charge in [0.05, 0.1) is 24.3 Å². The number of nitrogens with one attached hydrogen (secondary N) is 1. The van der Waals surface area contributed by atoms with Gasteiger partial charge in [-0.3, -0.25) is 9.69 Å². The Morgan fingerprint density at radius 3 is 2.77 bits per heavy atom. The average Bonchev–Trinajstić information content (AvgIpc) is 3.75. The molecule has 2 saturated heterocycles. The molecule has 1 aromatic heterocycles. The zero-order valence-corrected chi connectivity index (χ0v) is 23.7. The SMILES string of the molecule is COc1cccc2c(C(=O)NCc3cccc(Cl)c3)cn(CCCN3CC4CC[C@@H]3C[C@H](OCC3CC3)C4)c12. The van der Waals surface area contributed by atoms with Gasteiger partial charge in [0.2, 0.25) is 0 Å². The second-order valence-corrected chi connectivity index (χ2v) is 12.2. The van der Waals surface area contributed by atoms with Crippen LogP contribution in [-0.4, -0.2) is 54.3 Å². The predicted octanol–water partition coefficient (Wildman–Crippen LogP) is 6.29. The van der Waals surface area contributed by atoms with Crippen molar-refractivity contribution in [3.05, 3.63) is 64.8 Å². The van der Waals surface area contributed by atoms with Gasteiger partial charge in [0, 0.05) is 55.4 Å². The molecule has 0 radical (unpaired) electrons. The number of hydrogen-bond acceptors (Lipinski definition) is 4. The third-order valence-corrected chi connectivity index (χ3v) is 9.06. The van der Waals surface area contributed by atoms with E-state index >= 15 is 0 Å². The summed E-state index contributed by atoms with van der Waals surface area (Å²) in [6.07, 6.45) is 11.2. The lowest BCUT2D eigenvalue weighted by molar-refractivity contribution is 0.0283. The van der Waals surface area contributed by atoms with Crippen LogP contribution in [0.1, 0.15) is 60.9 Å². The molecule has 6 nitrogen and oxygen atoms in total. The molecule has 0 spiro atoms. The summed E-state index contributed by atoms with van der Waals surface area (Å²) >= 11 is 6.12. The van der Waals surface area contributed by atoms with E-state index in [0.29, 0.717) is 29.3 Å². The van der Waals surface area contributed by atoms with E-state index in [1.54, 1.807) is 7.11 Å². The molecule has 208 valence electrons. The Kier molecular flexibility index (Phi) is 8.14. The topological polar surface area (TPSA) is 55.7 Å². The standard InChI is InChI=1S/C32H40ClN3O3/c1-38-30-8-3-7-28-29(32(37)34-18-23-5-2-6-25(33)15-23)20-36(31(28)30)14-4-13-35-19-24-11-12-26(35)17-27(16-24)39-21-22-9-10-22/h2-3,5-8,15,20,22,24,26-27H,4,9-14,16-19,21H2,1H3,(H,34,37)/t24?,26-,27-/m1/s1. The summed E-state index contributed by atoms with van der Waals surface area (Å²) in [5.41, 5.74) is 2.64. The average molecular weight is 550 g/mol. The first-order valence-electron chi connectivity index (χ1n) is 14.6. The van der Waals surface area contributed by atoms with E-state index in [2.05, 4.69) is 14.8 Å². The summed E-state index contributed by atoms with van der Waals surface area (Å²) in [6, 6.07) is 14.2. The first kappa shape index (κ1) is 26.7. The largest absolute Gasteiger partial charge is 0.495 e. The lowest BCUT2D eigenvalue weighted by Gasteiger charge is -2.36. The highest BCUT2D eigenvalue weighted by atomic mass is 35.5. The maximum absolute atomic E-state index is 13.3. The van der Waals surface area contributed by atoms with Gasteiger partial charge < -0.3 is 19.4 Å². The molecule has 2 saturated carbocycles. The van der Waals surface area contributed by atoms with E-state index in [1.807, 2.05) is 48.7 Å².